The van der Waals surface area contributed by atoms with Crippen molar-refractivity contribution in [1.29, 1.82) is 0 Å². The van der Waals surface area contributed by atoms with E-state index in [0.29, 0.717) is 25.7 Å². The quantitative estimate of drug-likeness (QED) is 0.0222. The van der Waals surface area contributed by atoms with Gasteiger partial charge in [-0.05, 0) is 37.5 Å². The van der Waals surface area contributed by atoms with Crippen LogP contribution in [0.3, 0.4) is 0 Å². The van der Waals surface area contributed by atoms with Crippen LogP contribution in [0, 0.1) is 11.8 Å². The summed E-state index contributed by atoms with van der Waals surface area (Å²) in [4.78, 5) is 72.4. The molecule has 0 aromatic rings. The molecule has 90 heavy (non-hydrogen) atoms. The summed E-state index contributed by atoms with van der Waals surface area (Å²) >= 11 is 0. The van der Waals surface area contributed by atoms with Crippen LogP contribution in [0.2, 0.25) is 0 Å². The first-order valence-corrected chi connectivity index (χ1v) is 40.0. The van der Waals surface area contributed by atoms with E-state index in [9.17, 15) is 43.2 Å². The Balaban J connectivity index is 5.16. The molecule has 19 heteroatoms. The molecule has 0 aromatic heterocycles. The minimum absolute atomic E-state index is 0.104. The van der Waals surface area contributed by atoms with E-state index in [1.54, 1.807) is 0 Å². The van der Waals surface area contributed by atoms with Gasteiger partial charge >= 0.3 is 39.5 Å². The maximum Gasteiger partial charge on any atom is 0.472 e. The lowest BCUT2D eigenvalue weighted by Gasteiger charge is -2.21. The van der Waals surface area contributed by atoms with E-state index in [0.717, 1.165) is 115 Å². The fraction of sp³-hybridized carbons (Fsp3) is 0.944. The van der Waals surface area contributed by atoms with Crippen molar-refractivity contribution in [1.82, 2.24) is 0 Å². The summed E-state index contributed by atoms with van der Waals surface area (Å²) in [5.74, 6) is -0.634. The standard InChI is InChI=1S/C71H138O17P2/c1-7-10-12-14-16-17-18-19-20-21-22-23-24-25-26-27-28-37-43-49-55-70(75)87-67(60-82-69(74)54-48-42-36-32-30-35-40-46-52-64(6)9-3)62-86-90(79,80)84-58-65(72)57-83-89(77,78)85-61-66(59-81-68(73)53-47-41-33-15-13-11-8-2)88-71(76)56-50-44-38-31-29-34-39-45-51-63(4)5/h63-67,72H,7-62H2,1-6H3,(H,77,78)(H,79,80)/t64?,65-,66+,67+/m0/s1. The second-order valence-electron chi connectivity index (χ2n) is 26.3. The number of hydrogen-bond donors (Lipinski definition) is 3. The molecule has 0 fully saturated rings. The minimum atomic E-state index is -4.95. The molecule has 0 radical (unpaired) electrons. The van der Waals surface area contributed by atoms with E-state index in [4.69, 9.17) is 37.0 Å². The molecular weight excluding hydrogens is 1190 g/mol. The molecule has 0 amide bonds. The van der Waals surface area contributed by atoms with E-state index >= 15 is 0 Å². The van der Waals surface area contributed by atoms with E-state index in [1.807, 2.05) is 0 Å². The second-order valence-corrected chi connectivity index (χ2v) is 29.3. The van der Waals surface area contributed by atoms with E-state index < -0.39 is 97.5 Å². The molecule has 3 N–H and O–H groups in total. The number of unbranched alkanes of at least 4 members (excludes halogenated alkanes) is 39. The van der Waals surface area contributed by atoms with Crippen molar-refractivity contribution in [2.75, 3.05) is 39.6 Å². The average molecular weight is 1330 g/mol. The topological polar surface area (TPSA) is 237 Å². The largest absolute Gasteiger partial charge is 0.472 e. The number of hydrogen-bond acceptors (Lipinski definition) is 15. The van der Waals surface area contributed by atoms with Crippen LogP contribution >= 0.6 is 15.6 Å². The highest BCUT2D eigenvalue weighted by Crippen LogP contribution is 2.45. The normalized spacial score (nSPS) is 14.4. The summed E-state index contributed by atoms with van der Waals surface area (Å²) in [5, 5.41) is 10.6. The number of esters is 4. The third kappa shape index (κ3) is 63.5. The van der Waals surface area contributed by atoms with E-state index in [1.165, 1.54) is 167 Å². The Morgan fingerprint density at radius 2 is 0.567 bits per heavy atom. The maximum absolute atomic E-state index is 13.0. The van der Waals surface area contributed by atoms with Gasteiger partial charge in [-0.2, -0.15) is 0 Å². The molecule has 0 bridgehead atoms. The molecular formula is C71H138O17P2. The number of carbonyl (C=O) groups excluding carboxylic acids is 4. The third-order valence-electron chi connectivity index (χ3n) is 16.8. The van der Waals surface area contributed by atoms with Crippen LogP contribution in [0.1, 0.15) is 363 Å². The Morgan fingerprint density at radius 3 is 0.844 bits per heavy atom. The van der Waals surface area contributed by atoms with Gasteiger partial charge in [0.25, 0.3) is 0 Å². The van der Waals surface area contributed by atoms with Gasteiger partial charge in [0.2, 0.25) is 0 Å². The number of phosphoric acid groups is 2. The Labute approximate surface area is 549 Å². The maximum atomic E-state index is 13.0. The van der Waals surface area contributed by atoms with Crippen LogP contribution in [-0.2, 0) is 65.4 Å². The first-order valence-electron chi connectivity index (χ1n) is 37.0. The molecule has 0 spiro atoms. The summed E-state index contributed by atoms with van der Waals surface area (Å²) in [7, 11) is -9.90. The van der Waals surface area contributed by atoms with Gasteiger partial charge in [0.05, 0.1) is 26.4 Å². The van der Waals surface area contributed by atoms with Gasteiger partial charge in [0.1, 0.15) is 19.3 Å². The zero-order chi connectivity index (χ0) is 66.5. The summed E-state index contributed by atoms with van der Waals surface area (Å²) < 4.78 is 68.2. The molecule has 0 rings (SSSR count). The molecule has 17 nitrogen and oxygen atoms in total. The van der Waals surface area contributed by atoms with Crippen molar-refractivity contribution in [3.63, 3.8) is 0 Å². The van der Waals surface area contributed by atoms with Crippen LogP contribution in [-0.4, -0.2) is 96.7 Å². The number of aliphatic hydroxyl groups excluding tert-OH is 1. The molecule has 0 aliphatic heterocycles. The molecule has 0 heterocycles. The lowest BCUT2D eigenvalue weighted by molar-refractivity contribution is -0.161. The zero-order valence-electron chi connectivity index (χ0n) is 58.4. The first kappa shape index (κ1) is 88.1. The summed E-state index contributed by atoms with van der Waals surface area (Å²) in [6, 6.07) is 0. The van der Waals surface area contributed by atoms with Crippen LogP contribution in [0.15, 0.2) is 0 Å². The summed E-state index contributed by atoms with van der Waals surface area (Å²) in [6.07, 6.45) is 48.8. The molecule has 0 saturated carbocycles. The molecule has 0 aliphatic rings. The van der Waals surface area contributed by atoms with Crippen LogP contribution in [0.25, 0.3) is 0 Å². The van der Waals surface area contributed by atoms with Gasteiger partial charge in [0.15, 0.2) is 12.2 Å². The molecule has 0 saturated heterocycles. The van der Waals surface area contributed by atoms with Crippen molar-refractivity contribution in [3.8, 4) is 0 Å². The number of carbonyl (C=O) groups is 4. The minimum Gasteiger partial charge on any atom is -0.462 e. The second kappa shape index (κ2) is 63.1. The number of ether oxygens (including phenoxy) is 4. The Hall–Kier alpha value is -1.94. The van der Waals surface area contributed by atoms with Gasteiger partial charge in [-0.15, -0.1) is 0 Å². The van der Waals surface area contributed by atoms with E-state index in [2.05, 4.69) is 41.5 Å². The van der Waals surface area contributed by atoms with Crippen LogP contribution in [0.5, 0.6) is 0 Å². The van der Waals surface area contributed by atoms with Crippen molar-refractivity contribution in [3.05, 3.63) is 0 Å². The molecule has 0 aromatic carbocycles. The SMILES string of the molecule is CCCCCCCCCCCCCCCCCCCCCCC(=O)O[C@H](COC(=O)CCCCCCCCCCC(C)CC)COP(=O)(O)OC[C@@H](O)COP(=O)(O)OC[C@@H](COC(=O)CCCCCCCCC)OC(=O)CCCCCCCCCCC(C)C. The molecule has 3 unspecified atom stereocenters. The van der Waals surface area contributed by atoms with Crippen molar-refractivity contribution in [2.45, 2.75) is 381 Å². The van der Waals surface area contributed by atoms with Gasteiger partial charge in [0, 0.05) is 25.7 Å². The lowest BCUT2D eigenvalue weighted by atomic mass is 9.99. The highest BCUT2D eigenvalue weighted by Gasteiger charge is 2.30. The highest BCUT2D eigenvalue weighted by molar-refractivity contribution is 7.47. The first-order chi connectivity index (χ1) is 43.4. The molecule has 6 atom stereocenters. The Morgan fingerprint density at radius 1 is 0.322 bits per heavy atom. The van der Waals surface area contributed by atoms with Gasteiger partial charge < -0.3 is 33.8 Å². The Kier molecular flexibility index (Phi) is 61.8. The van der Waals surface area contributed by atoms with E-state index in [-0.39, 0.29) is 25.7 Å². The predicted molar refractivity (Wildman–Crippen MR) is 363 cm³/mol. The Bertz CT molecular complexity index is 1750. The van der Waals surface area contributed by atoms with Crippen molar-refractivity contribution in [2.24, 2.45) is 11.8 Å². The number of aliphatic hydroxyl groups is 1. The van der Waals surface area contributed by atoms with Gasteiger partial charge in [-0.25, -0.2) is 9.13 Å². The van der Waals surface area contributed by atoms with Gasteiger partial charge in [-0.3, -0.25) is 37.3 Å². The zero-order valence-corrected chi connectivity index (χ0v) is 60.2. The van der Waals surface area contributed by atoms with Crippen molar-refractivity contribution >= 4 is 39.5 Å². The fourth-order valence-corrected chi connectivity index (χ4v) is 12.3. The fourth-order valence-electron chi connectivity index (χ4n) is 10.7. The molecule has 0 aliphatic carbocycles. The predicted octanol–water partition coefficient (Wildman–Crippen LogP) is 20.4. The monoisotopic (exact) mass is 1320 g/mol. The number of rotatable bonds is 70. The van der Waals surface area contributed by atoms with Crippen LogP contribution in [0.4, 0.5) is 0 Å². The smallest absolute Gasteiger partial charge is 0.462 e. The number of phosphoric ester groups is 2. The highest BCUT2D eigenvalue weighted by atomic mass is 31.2. The molecule has 534 valence electrons. The average Bonchev–Trinajstić information content (AvgIpc) is 3.69. The van der Waals surface area contributed by atoms with Gasteiger partial charge in [-0.1, -0.05) is 311 Å². The van der Waals surface area contributed by atoms with Crippen molar-refractivity contribution < 1.29 is 80.2 Å². The van der Waals surface area contributed by atoms with Crippen LogP contribution < -0.4 is 0 Å². The lowest BCUT2D eigenvalue weighted by Crippen LogP contribution is -2.30. The third-order valence-corrected chi connectivity index (χ3v) is 18.7. The summed E-state index contributed by atoms with van der Waals surface area (Å²) in [6.45, 7) is 9.47. The summed E-state index contributed by atoms with van der Waals surface area (Å²) in [5.41, 5.74) is 0.